The first-order valence-electron chi connectivity index (χ1n) is 5.24. The molecule has 1 aromatic rings. The molecule has 0 aromatic heterocycles. The van der Waals surface area contributed by atoms with E-state index in [9.17, 15) is 8.42 Å². The molecule has 0 spiro atoms. The highest BCUT2D eigenvalue weighted by Gasteiger charge is 2.05. The van der Waals surface area contributed by atoms with Crippen molar-refractivity contribution in [3.05, 3.63) is 34.7 Å². The quantitative estimate of drug-likeness (QED) is 0.889. The van der Waals surface area contributed by atoms with Gasteiger partial charge in [0.1, 0.15) is 5.75 Å². The molecule has 0 aliphatic rings. The second kappa shape index (κ2) is 5.23. The molecule has 94 valence electrons. The number of hydrogen-bond acceptors (Lipinski definition) is 4. The van der Waals surface area contributed by atoms with Gasteiger partial charge in [0.25, 0.3) is 0 Å². The number of rotatable bonds is 4. The van der Waals surface area contributed by atoms with Crippen molar-refractivity contribution >= 4 is 15.5 Å². The lowest BCUT2D eigenvalue weighted by Gasteiger charge is -2.09. The van der Waals surface area contributed by atoms with E-state index in [1.807, 2.05) is 19.9 Å². The Morgan fingerprint density at radius 1 is 1.47 bits per heavy atom. The molecular weight excluding hydrogens is 238 g/mol. The first kappa shape index (κ1) is 13.6. The van der Waals surface area contributed by atoms with E-state index in [1.54, 1.807) is 12.1 Å². The zero-order valence-corrected chi connectivity index (χ0v) is 11.0. The van der Waals surface area contributed by atoms with E-state index in [2.05, 4.69) is 0 Å². The van der Waals surface area contributed by atoms with Gasteiger partial charge >= 0.3 is 0 Å². The van der Waals surface area contributed by atoms with Gasteiger partial charge in [-0.05, 0) is 25.5 Å². The highest BCUT2D eigenvalue weighted by molar-refractivity contribution is 7.93. The summed E-state index contributed by atoms with van der Waals surface area (Å²) in [6.45, 7) is 4.37. The maximum Gasteiger partial charge on any atom is 0.170 e. The summed E-state index contributed by atoms with van der Waals surface area (Å²) in [6.07, 6.45) is 1.11. The minimum absolute atomic E-state index is 0.216. The van der Waals surface area contributed by atoms with E-state index < -0.39 is 9.84 Å². The molecule has 0 aliphatic carbocycles. The molecule has 0 saturated heterocycles. The van der Waals surface area contributed by atoms with Crippen molar-refractivity contribution in [3.8, 4) is 5.75 Å². The van der Waals surface area contributed by atoms with Crippen molar-refractivity contribution < 1.29 is 13.2 Å². The lowest BCUT2D eigenvalue weighted by Crippen LogP contribution is -2.02. The standard InChI is InChI=1S/C12H17NO3S/c1-4-16-12-7-10(6-5-9(12)2)11(13)8-17(3,14)15/h5-8H,4,13H2,1-3H3. The maximum atomic E-state index is 11.1. The van der Waals surface area contributed by atoms with Crippen molar-refractivity contribution in [2.75, 3.05) is 12.9 Å². The predicted octanol–water partition coefficient (Wildman–Crippen LogP) is 1.70. The highest BCUT2D eigenvalue weighted by atomic mass is 32.2. The molecule has 2 N–H and O–H groups in total. The minimum Gasteiger partial charge on any atom is -0.494 e. The van der Waals surface area contributed by atoms with Crippen molar-refractivity contribution in [1.82, 2.24) is 0 Å². The summed E-state index contributed by atoms with van der Waals surface area (Å²) in [5, 5.41) is 1.05. The topological polar surface area (TPSA) is 69.4 Å². The molecule has 17 heavy (non-hydrogen) atoms. The third kappa shape index (κ3) is 4.11. The number of benzene rings is 1. The smallest absolute Gasteiger partial charge is 0.170 e. The van der Waals surface area contributed by atoms with Crippen molar-refractivity contribution in [3.63, 3.8) is 0 Å². The van der Waals surface area contributed by atoms with Gasteiger partial charge in [-0.25, -0.2) is 8.42 Å². The van der Waals surface area contributed by atoms with Gasteiger partial charge in [0.05, 0.1) is 17.7 Å². The number of aryl methyl sites for hydroxylation is 1. The molecule has 0 saturated carbocycles. The van der Waals surface area contributed by atoms with Gasteiger partial charge in [-0.15, -0.1) is 0 Å². The van der Waals surface area contributed by atoms with Crippen molar-refractivity contribution in [1.29, 1.82) is 0 Å². The van der Waals surface area contributed by atoms with Gasteiger partial charge in [0.15, 0.2) is 9.84 Å². The Kier molecular flexibility index (Phi) is 4.17. The van der Waals surface area contributed by atoms with Crippen LogP contribution < -0.4 is 10.5 Å². The number of ether oxygens (including phenoxy) is 1. The summed E-state index contributed by atoms with van der Waals surface area (Å²) >= 11 is 0. The van der Waals surface area contributed by atoms with Gasteiger partial charge in [0, 0.05) is 11.8 Å². The largest absolute Gasteiger partial charge is 0.494 e. The van der Waals surface area contributed by atoms with Crippen LogP contribution in [0.4, 0.5) is 0 Å². The number of nitrogens with two attached hydrogens (primary N) is 1. The van der Waals surface area contributed by atoms with E-state index in [1.165, 1.54) is 0 Å². The second-order valence-electron chi connectivity index (χ2n) is 3.82. The molecule has 0 unspecified atom stereocenters. The lowest BCUT2D eigenvalue weighted by molar-refractivity contribution is 0.338. The summed E-state index contributed by atoms with van der Waals surface area (Å²) in [6, 6.07) is 5.37. The van der Waals surface area contributed by atoms with Crippen LogP contribution in [0.25, 0.3) is 5.70 Å². The van der Waals surface area contributed by atoms with Crippen LogP contribution >= 0.6 is 0 Å². The molecule has 1 aromatic carbocycles. The molecule has 1 rings (SSSR count). The van der Waals surface area contributed by atoms with Crippen LogP contribution in [0.3, 0.4) is 0 Å². The Labute approximate surface area is 102 Å². The monoisotopic (exact) mass is 255 g/mol. The third-order valence-corrected chi connectivity index (χ3v) is 2.84. The number of sulfone groups is 1. The van der Waals surface area contributed by atoms with Crippen LogP contribution in [0.15, 0.2) is 23.6 Å². The molecule has 0 atom stereocenters. The Morgan fingerprint density at radius 3 is 2.65 bits per heavy atom. The Morgan fingerprint density at radius 2 is 2.12 bits per heavy atom. The third-order valence-electron chi connectivity index (χ3n) is 2.16. The maximum absolute atomic E-state index is 11.1. The number of hydrogen-bond donors (Lipinski definition) is 1. The van der Waals surface area contributed by atoms with E-state index in [4.69, 9.17) is 10.5 Å². The second-order valence-corrected chi connectivity index (χ2v) is 5.71. The van der Waals surface area contributed by atoms with Crippen molar-refractivity contribution in [2.45, 2.75) is 13.8 Å². The van der Waals surface area contributed by atoms with Gasteiger partial charge in [0.2, 0.25) is 0 Å². The van der Waals surface area contributed by atoms with Gasteiger partial charge in [-0.1, -0.05) is 12.1 Å². The normalized spacial score (nSPS) is 12.5. The minimum atomic E-state index is -3.23. The fourth-order valence-electron chi connectivity index (χ4n) is 1.39. The van der Waals surface area contributed by atoms with Crippen molar-refractivity contribution in [2.24, 2.45) is 5.73 Å². The SMILES string of the molecule is CCOc1cc(C(N)=CS(C)(=O)=O)ccc1C. The molecule has 0 bridgehead atoms. The van der Waals surface area contributed by atoms with Crippen LogP contribution in [-0.4, -0.2) is 21.3 Å². The molecule has 0 amide bonds. The molecular formula is C12H17NO3S. The molecule has 4 nitrogen and oxygen atoms in total. The van der Waals surface area contributed by atoms with Crippen LogP contribution in [-0.2, 0) is 9.84 Å². The zero-order valence-electron chi connectivity index (χ0n) is 10.2. The van der Waals surface area contributed by atoms with Crippen LogP contribution in [0.1, 0.15) is 18.1 Å². The predicted molar refractivity (Wildman–Crippen MR) is 69.4 cm³/mol. The first-order valence-corrected chi connectivity index (χ1v) is 7.20. The Bertz CT molecular complexity index is 533. The molecule has 0 heterocycles. The van der Waals surface area contributed by atoms with Crippen LogP contribution in [0.2, 0.25) is 0 Å². The summed E-state index contributed by atoms with van der Waals surface area (Å²) < 4.78 is 27.6. The average molecular weight is 255 g/mol. The fourth-order valence-corrected chi connectivity index (χ4v) is 1.99. The highest BCUT2D eigenvalue weighted by Crippen LogP contribution is 2.22. The van der Waals surface area contributed by atoms with E-state index in [0.717, 1.165) is 23.0 Å². The van der Waals surface area contributed by atoms with E-state index in [0.29, 0.717) is 12.2 Å². The van der Waals surface area contributed by atoms with Gasteiger partial charge in [-0.3, -0.25) is 0 Å². The van der Waals surface area contributed by atoms with Crippen LogP contribution in [0, 0.1) is 6.92 Å². The van der Waals surface area contributed by atoms with Gasteiger partial charge < -0.3 is 10.5 Å². The van der Waals surface area contributed by atoms with E-state index in [-0.39, 0.29) is 5.70 Å². The van der Waals surface area contributed by atoms with Gasteiger partial charge in [-0.2, -0.15) is 0 Å². The summed E-state index contributed by atoms with van der Waals surface area (Å²) in [5.41, 5.74) is 7.57. The molecule has 5 heteroatoms. The summed E-state index contributed by atoms with van der Waals surface area (Å²) in [4.78, 5) is 0. The fraction of sp³-hybridized carbons (Fsp3) is 0.333. The summed E-state index contributed by atoms with van der Waals surface area (Å²) in [5.74, 6) is 0.717. The Balaban J connectivity index is 3.16. The first-order chi connectivity index (χ1) is 7.83. The molecule has 0 radical (unpaired) electrons. The molecule has 0 aliphatic heterocycles. The van der Waals surface area contributed by atoms with E-state index >= 15 is 0 Å². The average Bonchev–Trinajstić information content (AvgIpc) is 2.19. The Hall–Kier alpha value is -1.49. The zero-order chi connectivity index (χ0) is 13.1. The summed E-state index contributed by atoms with van der Waals surface area (Å²) in [7, 11) is -3.23. The van der Waals surface area contributed by atoms with Crippen LogP contribution in [0.5, 0.6) is 5.75 Å². The lowest BCUT2D eigenvalue weighted by atomic mass is 10.1. The molecule has 0 fully saturated rings.